The van der Waals surface area contributed by atoms with Crippen LogP contribution in [0, 0.1) is 17.1 Å². The fraction of sp³-hybridized carbons (Fsp3) is 0.133. The van der Waals surface area contributed by atoms with Gasteiger partial charge in [-0.3, -0.25) is 0 Å². The Balaban J connectivity index is 2.16. The number of halogens is 1. The standard InChI is InChI=1S/C15H12FNOS/c1-18-15-6-5-11(9-17)7-12(15)10-19-14-4-2-3-13(16)8-14/h2-8H,10H2,1H3. The van der Waals surface area contributed by atoms with Crippen LogP contribution in [0.5, 0.6) is 5.75 Å². The summed E-state index contributed by atoms with van der Waals surface area (Å²) in [6.07, 6.45) is 0. The molecule has 0 radical (unpaired) electrons. The number of hydrogen-bond donors (Lipinski definition) is 0. The van der Waals surface area contributed by atoms with Gasteiger partial charge >= 0.3 is 0 Å². The number of nitrogens with zero attached hydrogens (tertiary/aromatic N) is 1. The molecular formula is C15H12FNOS. The van der Waals surface area contributed by atoms with Crippen LogP contribution in [-0.2, 0) is 5.75 Å². The average Bonchev–Trinajstić information content (AvgIpc) is 2.45. The third kappa shape index (κ3) is 3.49. The Hall–Kier alpha value is -1.99. The van der Waals surface area contributed by atoms with E-state index in [9.17, 15) is 4.39 Å². The molecular weight excluding hydrogens is 261 g/mol. The van der Waals surface area contributed by atoms with Crippen LogP contribution < -0.4 is 4.74 Å². The van der Waals surface area contributed by atoms with Crippen molar-refractivity contribution in [1.82, 2.24) is 0 Å². The molecule has 0 amide bonds. The molecule has 0 heterocycles. The van der Waals surface area contributed by atoms with E-state index in [0.717, 1.165) is 16.2 Å². The maximum atomic E-state index is 13.1. The molecule has 2 nitrogen and oxygen atoms in total. The zero-order valence-electron chi connectivity index (χ0n) is 10.4. The third-order valence-corrected chi connectivity index (χ3v) is 3.64. The highest BCUT2D eigenvalue weighted by molar-refractivity contribution is 7.98. The number of benzene rings is 2. The van der Waals surface area contributed by atoms with Crippen molar-refractivity contribution in [1.29, 1.82) is 5.26 Å². The Kier molecular flexibility index (Phi) is 4.43. The molecule has 0 aliphatic carbocycles. The Morgan fingerprint density at radius 3 is 2.79 bits per heavy atom. The quantitative estimate of drug-likeness (QED) is 0.789. The van der Waals surface area contributed by atoms with Crippen molar-refractivity contribution in [2.24, 2.45) is 0 Å². The summed E-state index contributed by atoms with van der Waals surface area (Å²) in [5.74, 6) is 1.12. The van der Waals surface area contributed by atoms with Crippen molar-refractivity contribution in [3.05, 3.63) is 59.4 Å². The minimum absolute atomic E-state index is 0.247. The topological polar surface area (TPSA) is 33.0 Å². The van der Waals surface area contributed by atoms with Gasteiger partial charge in [0.15, 0.2) is 0 Å². The molecule has 2 aromatic carbocycles. The lowest BCUT2D eigenvalue weighted by Gasteiger charge is -2.08. The lowest BCUT2D eigenvalue weighted by molar-refractivity contribution is 0.411. The zero-order chi connectivity index (χ0) is 13.7. The second kappa shape index (κ2) is 6.26. The molecule has 0 fully saturated rings. The molecule has 2 aromatic rings. The first-order chi connectivity index (χ1) is 9.22. The van der Waals surface area contributed by atoms with Crippen molar-refractivity contribution < 1.29 is 9.13 Å². The minimum Gasteiger partial charge on any atom is -0.496 e. The average molecular weight is 273 g/mol. The summed E-state index contributed by atoms with van der Waals surface area (Å²) in [4.78, 5) is 0.851. The van der Waals surface area contributed by atoms with Crippen molar-refractivity contribution >= 4 is 11.8 Å². The molecule has 0 atom stereocenters. The predicted octanol–water partition coefficient (Wildman–Crippen LogP) is 4.00. The zero-order valence-corrected chi connectivity index (χ0v) is 11.2. The van der Waals surface area contributed by atoms with Gasteiger partial charge in [-0.2, -0.15) is 5.26 Å². The molecule has 0 unspecified atom stereocenters. The Morgan fingerprint density at radius 1 is 1.26 bits per heavy atom. The summed E-state index contributed by atoms with van der Waals surface area (Å²) >= 11 is 1.51. The first-order valence-electron chi connectivity index (χ1n) is 5.68. The van der Waals surface area contributed by atoms with Gasteiger partial charge in [0.25, 0.3) is 0 Å². The van der Waals surface area contributed by atoms with Gasteiger partial charge in [-0.25, -0.2) is 4.39 Å². The molecule has 19 heavy (non-hydrogen) atoms. The van der Waals surface area contributed by atoms with E-state index >= 15 is 0 Å². The molecule has 4 heteroatoms. The van der Waals surface area contributed by atoms with Gasteiger partial charge < -0.3 is 4.74 Å². The van der Waals surface area contributed by atoms with Gasteiger partial charge in [0.1, 0.15) is 11.6 Å². The molecule has 0 aliphatic heterocycles. The van der Waals surface area contributed by atoms with E-state index in [1.807, 2.05) is 6.07 Å². The maximum absolute atomic E-state index is 13.1. The van der Waals surface area contributed by atoms with E-state index in [-0.39, 0.29) is 5.82 Å². The van der Waals surface area contributed by atoms with Gasteiger partial charge in [-0.1, -0.05) is 6.07 Å². The van der Waals surface area contributed by atoms with E-state index in [2.05, 4.69) is 6.07 Å². The third-order valence-electron chi connectivity index (χ3n) is 2.60. The fourth-order valence-electron chi connectivity index (χ4n) is 1.68. The highest BCUT2D eigenvalue weighted by atomic mass is 32.2. The molecule has 0 N–H and O–H groups in total. The predicted molar refractivity (Wildman–Crippen MR) is 73.7 cm³/mol. The van der Waals surface area contributed by atoms with Crippen molar-refractivity contribution in [2.45, 2.75) is 10.6 Å². The molecule has 0 aliphatic rings. The van der Waals surface area contributed by atoms with Crippen LogP contribution in [0.25, 0.3) is 0 Å². The number of thioether (sulfide) groups is 1. The largest absolute Gasteiger partial charge is 0.496 e. The molecule has 2 rings (SSSR count). The monoisotopic (exact) mass is 273 g/mol. The second-order valence-electron chi connectivity index (χ2n) is 3.88. The van der Waals surface area contributed by atoms with Crippen LogP contribution in [0.1, 0.15) is 11.1 Å². The van der Waals surface area contributed by atoms with Crippen molar-refractivity contribution in [2.75, 3.05) is 7.11 Å². The highest BCUT2D eigenvalue weighted by Crippen LogP contribution is 2.28. The molecule has 0 spiro atoms. The van der Waals surface area contributed by atoms with Gasteiger partial charge in [0.05, 0.1) is 18.7 Å². The Morgan fingerprint density at radius 2 is 2.11 bits per heavy atom. The lowest BCUT2D eigenvalue weighted by Crippen LogP contribution is -1.91. The normalized spacial score (nSPS) is 9.95. The highest BCUT2D eigenvalue weighted by Gasteiger charge is 2.06. The van der Waals surface area contributed by atoms with Gasteiger partial charge in [0, 0.05) is 16.2 Å². The number of methoxy groups -OCH3 is 1. The number of ether oxygens (including phenoxy) is 1. The molecule has 96 valence electrons. The van der Waals surface area contributed by atoms with Gasteiger partial charge in [0.2, 0.25) is 0 Å². The van der Waals surface area contributed by atoms with Crippen LogP contribution in [-0.4, -0.2) is 7.11 Å². The first-order valence-corrected chi connectivity index (χ1v) is 6.67. The summed E-state index contributed by atoms with van der Waals surface area (Å²) in [6.45, 7) is 0. The summed E-state index contributed by atoms with van der Waals surface area (Å²) in [5.41, 5.74) is 1.52. The van der Waals surface area contributed by atoms with Crippen molar-refractivity contribution in [3.63, 3.8) is 0 Å². The van der Waals surface area contributed by atoms with Gasteiger partial charge in [-0.05, 0) is 36.4 Å². The summed E-state index contributed by atoms with van der Waals surface area (Å²) in [6, 6.07) is 13.8. The van der Waals surface area contributed by atoms with Crippen molar-refractivity contribution in [3.8, 4) is 11.8 Å². The van der Waals surface area contributed by atoms with E-state index < -0.39 is 0 Å². The number of rotatable bonds is 4. The molecule has 0 aromatic heterocycles. The Labute approximate surface area is 115 Å². The van der Waals surface area contributed by atoms with Crippen LogP contribution in [0.15, 0.2) is 47.4 Å². The molecule has 0 saturated carbocycles. The van der Waals surface area contributed by atoms with E-state index in [0.29, 0.717) is 11.3 Å². The lowest BCUT2D eigenvalue weighted by atomic mass is 10.1. The molecule has 0 bridgehead atoms. The van der Waals surface area contributed by atoms with Gasteiger partial charge in [-0.15, -0.1) is 11.8 Å². The second-order valence-corrected chi connectivity index (χ2v) is 4.93. The molecule has 0 saturated heterocycles. The maximum Gasteiger partial charge on any atom is 0.124 e. The summed E-state index contributed by atoms with van der Waals surface area (Å²) < 4.78 is 18.3. The smallest absolute Gasteiger partial charge is 0.124 e. The summed E-state index contributed by atoms with van der Waals surface area (Å²) in [5, 5.41) is 8.90. The summed E-state index contributed by atoms with van der Waals surface area (Å²) in [7, 11) is 1.59. The van der Waals surface area contributed by atoms with Crippen LogP contribution in [0.3, 0.4) is 0 Å². The fourth-order valence-corrected chi connectivity index (χ4v) is 2.60. The SMILES string of the molecule is COc1ccc(C#N)cc1CSc1cccc(F)c1. The number of hydrogen-bond acceptors (Lipinski definition) is 3. The van der Waals surface area contributed by atoms with E-state index in [1.54, 1.807) is 31.4 Å². The van der Waals surface area contributed by atoms with E-state index in [1.165, 1.54) is 23.9 Å². The van der Waals surface area contributed by atoms with E-state index in [4.69, 9.17) is 10.00 Å². The van der Waals surface area contributed by atoms with Crippen LogP contribution in [0.4, 0.5) is 4.39 Å². The first kappa shape index (κ1) is 13.4. The Bertz CT molecular complexity index is 622. The minimum atomic E-state index is -0.247. The number of nitriles is 1. The van der Waals surface area contributed by atoms with Crippen LogP contribution in [0.2, 0.25) is 0 Å². The van der Waals surface area contributed by atoms with Crippen LogP contribution >= 0.6 is 11.8 Å².